The molecule has 0 heterocycles. The largest absolute Gasteiger partial charge is 0.496 e. The third kappa shape index (κ3) is 2.87. The Balaban J connectivity index is 2.37. The van der Waals surface area contributed by atoms with E-state index in [9.17, 15) is 5.11 Å². The van der Waals surface area contributed by atoms with Crippen molar-refractivity contribution in [2.24, 2.45) is 0 Å². The smallest absolute Gasteiger partial charge is 0.133 e. The molecule has 0 bridgehead atoms. The van der Waals surface area contributed by atoms with Gasteiger partial charge in [-0.25, -0.2) is 0 Å². The van der Waals surface area contributed by atoms with Crippen molar-refractivity contribution in [1.29, 1.82) is 0 Å². The minimum atomic E-state index is -0.625. The molecule has 2 aromatic rings. The highest BCUT2D eigenvalue weighted by atomic mass is 127. The van der Waals surface area contributed by atoms with Gasteiger partial charge in [0.05, 0.1) is 11.6 Å². The SMILES string of the molecule is COc1ccc(C(O)c2ccccc2I)cc1Br. The molecule has 1 N–H and O–H groups in total. The summed E-state index contributed by atoms with van der Waals surface area (Å²) in [4.78, 5) is 0. The molecular weight excluding hydrogens is 407 g/mol. The average molecular weight is 419 g/mol. The molecule has 0 saturated heterocycles. The number of methoxy groups -OCH3 is 1. The summed E-state index contributed by atoms with van der Waals surface area (Å²) in [5.41, 5.74) is 1.75. The highest BCUT2D eigenvalue weighted by Gasteiger charge is 2.14. The zero-order valence-electron chi connectivity index (χ0n) is 9.73. The van der Waals surface area contributed by atoms with Crippen molar-refractivity contribution in [1.82, 2.24) is 0 Å². The lowest BCUT2D eigenvalue weighted by atomic mass is 10.0. The number of hydrogen-bond acceptors (Lipinski definition) is 2. The first kappa shape index (κ1) is 13.8. The van der Waals surface area contributed by atoms with Gasteiger partial charge in [0.25, 0.3) is 0 Å². The Morgan fingerprint density at radius 3 is 2.56 bits per heavy atom. The van der Waals surface area contributed by atoms with E-state index in [1.54, 1.807) is 7.11 Å². The van der Waals surface area contributed by atoms with Gasteiger partial charge in [-0.05, 0) is 67.8 Å². The lowest BCUT2D eigenvalue weighted by Gasteiger charge is -2.14. The second-order valence-corrected chi connectivity index (χ2v) is 5.83. The van der Waals surface area contributed by atoms with Gasteiger partial charge in [-0.15, -0.1) is 0 Å². The first-order valence-electron chi connectivity index (χ1n) is 5.39. The Hall–Kier alpha value is -0.590. The van der Waals surface area contributed by atoms with E-state index in [-0.39, 0.29) is 0 Å². The van der Waals surface area contributed by atoms with Crippen LogP contribution in [0.1, 0.15) is 17.2 Å². The van der Waals surface area contributed by atoms with Gasteiger partial charge in [-0.1, -0.05) is 24.3 Å². The van der Waals surface area contributed by atoms with Crippen molar-refractivity contribution in [3.63, 3.8) is 0 Å². The standard InChI is InChI=1S/C14H12BrIO2/c1-18-13-7-6-9(8-11(13)15)14(17)10-4-2-3-5-12(10)16/h2-8,14,17H,1H3. The predicted octanol–water partition coefficient (Wildman–Crippen LogP) is 4.14. The Labute approximate surface area is 128 Å². The maximum Gasteiger partial charge on any atom is 0.133 e. The number of aliphatic hydroxyl groups is 1. The topological polar surface area (TPSA) is 29.5 Å². The third-order valence-corrected chi connectivity index (χ3v) is 4.29. The fourth-order valence-electron chi connectivity index (χ4n) is 1.73. The average Bonchev–Trinajstić information content (AvgIpc) is 2.38. The van der Waals surface area contributed by atoms with E-state index >= 15 is 0 Å². The van der Waals surface area contributed by atoms with Crippen LogP contribution in [0, 0.1) is 3.57 Å². The van der Waals surface area contributed by atoms with Gasteiger partial charge < -0.3 is 9.84 Å². The summed E-state index contributed by atoms with van der Waals surface area (Å²) in [5.74, 6) is 0.758. The molecule has 2 nitrogen and oxygen atoms in total. The Morgan fingerprint density at radius 2 is 1.94 bits per heavy atom. The van der Waals surface area contributed by atoms with Crippen molar-refractivity contribution in [2.45, 2.75) is 6.10 Å². The molecule has 0 aliphatic carbocycles. The maximum absolute atomic E-state index is 10.4. The lowest BCUT2D eigenvalue weighted by molar-refractivity contribution is 0.219. The fraction of sp³-hybridized carbons (Fsp3) is 0.143. The van der Waals surface area contributed by atoms with E-state index in [1.807, 2.05) is 42.5 Å². The molecule has 0 aliphatic heterocycles. The Bertz CT molecular complexity index is 557. The van der Waals surface area contributed by atoms with Crippen LogP contribution in [0.25, 0.3) is 0 Å². The van der Waals surface area contributed by atoms with Crippen LogP contribution in [0.5, 0.6) is 5.75 Å². The van der Waals surface area contributed by atoms with Crippen LogP contribution in [0.15, 0.2) is 46.9 Å². The lowest BCUT2D eigenvalue weighted by Crippen LogP contribution is -2.02. The summed E-state index contributed by atoms with van der Waals surface area (Å²) in [7, 11) is 1.62. The van der Waals surface area contributed by atoms with Crippen molar-refractivity contribution < 1.29 is 9.84 Å². The van der Waals surface area contributed by atoms with Crippen LogP contribution in [-0.2, 0) is 0 Å². The molecule has 0 aromatic heterocycles. The first-order valence-corrected chi connectivity index (χ1v) is 7.26. The van der Waals surface area contributed by atoms with E-state index in [1.165, 1.54) is 0 Å². The summed E-state index contributed by atoms with van der Waals surface area (Å²) in [6.45, 7) is 0. The van der Waals surface area contributed by atoms with Gasteiger partial charge in [0.15, 0.2) is 0 Å². The fourth-order valence-corrected chi connectivity index (χ4v) is 2.97. The Kier molecular flexibility index (Phi) is 4.64. The van der Waals surface area contributed by atoms with Crippen LogP contribution in [-0.4, -0.2) is 12.2 Å². The van der Waals surface area contributed by atoms with Crippen LogP contribution in [0.4, 0.5) is 0 Å². The molecular formula is C14H12BrIO2. The van der Waals surface area contributed by atoms with Crippen molar-refractivity contribution >= 4 is 38.5 Å². The number of ether oxygens (including phenoxy) is 1. The molecule has 94 valence electrons. The summed E-state index contributed by atoms with van der Waals surface area (Å²) in [6, 6.07) is 13.4. The van der Waals surface area contributed by atoms with Crippen LogP contribution in [0.2, 0.25) is 0 Å². The van der Waals surface area contributed by atoms with Crippen molar-refractivity contribution in [2.75, 3.05) is 7.11 Å². The molecule has 0 spiro atoms. The van der Waals surface area contributed by atoms with E-state index in [4.69, 9.17) is 4.74 Å². The number of benzene rings is 2. The predicted molar refractivity (Wildman–Crippen MR) is 83.9 cm³/mol. The van der Waals surface area contributed by atoms with Gasteiger partial charge in [-0.2, -0.15) is 0 Å². The third-order valence-electron chi connectivity index (χ3n) is 2.69. The van der Waals surface area contributed by atoms with E-state index in [0.29, 0.717) is 0 Å². The molecule has 0 radical (unpaired) electrons. The summed E-state index contributed by atoms with van der Waals surface area (Å²) >= 11 is 5.66. The molecule has 0 saturated carbocycles. The van der Waals surface area contributed by atoms with Gasteiger partial charge in [0, 0.05) is 3.57 Å². The molecule has 2 rings (SSSR count). The van der Waals surface area contributed by atoms with Crippen LogP contribution in [0.3, 0.4) is 0 Å². The monoisotopic (exact) mass is 418 g/mol. The molecule has 0 fully saturated rings. The Morgan fingerprint density at radius 1 is 1.22 bits per heavy atom. The maximum atomic E-state index is 10.4. The summed E-state index contributed by atoms with van der Waals surface area (Å²) in [6.07, 6.45) is -0.625. The number of aliphatic hydroxyl groups excluding tert-OH is 1. The number of hydrogen-bond donors (Lipinski definition) is 1. The van der Waals surface area contributed by atoms with Crippen LogP contribution < -0.4 is 4.74 Å². The second kappa shape index (κ2) is 6.04. The number of rotatable bonds is 3. The van der Waals surface area contributed by atoms with Crippen molar-refractivity contribution in [3.05, 3.63) is 61.6 Å². The van der Waals surface area contributed by atoms with Gasteiger partial charge in [0.2, 0.25) is 0 Å². The van der Waals surface area contributed by atoms with Crippen LogP contribution >= 0.6 is 38.5 Å². The molecule has 0 aliphatic rings. The highest BCUT2D eigenvalue weighted by molar-refractivity contribution is 14.1. The second-order valence-electron chi connectivity index (χ2n) is 3.82. The highest BCUT2D eigenvalue weighted by Crippen LogP contribution is 2.31. The van der Waals surface area contributed by atoms with E-state index in [0.717, 1.165) is 24.9 Å². The van der Waals surface area contributed by atoms with Gasteiger partial charge >= 0.3 is 0 Å². The normalized spacial score (nSPS) is 12.2. The minimum Gasteiger partial charge on any atom is -0.496 e. The molecule has 0 amide bonds. The van der Waals surface area contributed by atoms with E-state index < -0.39 is 6.10 Å². The summed E-state index contributed by atoms with van der Waals surface area (Å²) < 4.78 is 7.07. The first-order chi connectivity index (χ1) is 8.63. The van der Waals surface area contributed by atoms with E-state index in [2.05, 4.69) is 38.5 Å². The number of halogens is 2. The van der Waals surface area contributed by atoms with Crippen molar-refractivity contribution in [3.8, 4) is 5.75 Å². The minimum absolute atomic E-state index is 0.625. The molecule has 4 heteroatoms. The zero-order chi connectivity index (χ0) is 13.1. The molecule has 18 heavy (non-hydrogen) atoms. The van der Waals surface area contributed by atoms with Gasteiger partial charge in [-0.3, -0.25) is 0 Å². The van der Waals surface area contributed by atoms with Gasteiger partial charge in [0.1, 0.15) is 11.9 Å². The molecule has 2 aromatic carbocycles. The molecule has 1 unspecified atom stereocenters. The summed E-state index contributed by atoms with van der Waals surface area (Å²) in [5, 5.41) is 10.4. The molecule has 1 atom stereocenters. The quantitative estimate of drug-likeness (QED) is 0.759. The zero-order valence-corrected chi connectivity index (χ0v) is 13.5.